The molecule has 3 heteroatoms. The molecule has 0 aliphatic carbocycles. The van der Waals surface area contributed by atoms with E-state index in [0.29, 0.717) is 4.74 Å². The van der Waals surface area contributed by atoms with E-state index in [2.05, 4.69) is 34.6 Å². The topological polar surface area (TPSA) is 20.3 Å². The van der Waals surface area contributed by atoms with Gasteiger partial charge < -0.3 is 0 Å². The monoisotopic (exact) mass is 261 g/mol. The quantitative estimate of drug-likeness (QED) is 0.669. The average molecular weight is 260 g/mol. The molecule has 0 aliphatic rings. The van der Waals surface area contributed by atoms with E-state index in [-0.39, 0.29) is 0 Å². The van der Waals surface area contributed by atoms with Crippen molar-refractivity contribution in [2.24, 2.45) is 0 Å². The maximum atomic E-state index is 12.3. The number of hydrogen-bond acceptors (Lipinski definition) is 1. The van der Waals surface area contributed by atoms with Crippen molar-refractivity contribution in [3.8, 4) is 0 Å². The Kier molecular flexibility index (Phi) is 6.49. The molecule has 0 saturated carbocycles. The molecule has 0 atom stereocenters. The van der Waals surface area contributed by atoms with E-state index in [9.17, 15) is 4.79 Å². The average Bonchev–Trinajstić information content (AvgIpc) is 2.23. The van der Waals surface area contributed by atoms with Gasteiger partial charge in [0.25, 0.3) is 0 Å². The molecule has 0 radical (unpaired) electrons. The van der Waals surface area contributed by atoms with Gasteiger partial charge in [-0.2, -0.15) is 0 Å². The van der Waals surface area contributed by atoms with Crippen molar-refractivity contribution in [3.05, 3.63) is 0 Å². The second-order valence-electron chi connectivity index (χ2n) is 3.82. The maximum absolute atomic E-state index is 12.3. The number of rotatable bonds is 6. The van der Waals surface area contributed by atoms with Crippen LogP contribution in [0.15, 0.2) is 0 Å². The molecule has 0 heterocycles. The van der Waals surface area contributed by atoms with E-state index in [4.69, 9.17) is 0 Å². The van der Waals surface area contributed by atoms with Gasteiger partial charge in [0, 0.05) is 0 Å². The molecule has 0 rings (SSSR count). The van der Waals surface area contributed by atoms with Gasteiger partial charge in [-0.3, -0.25) is 0 Å². The first-order chi connectivity index (χ1) is 6.61. The van der Waals surface area contributed by atoms with E-state index in [0.717, 1.165) is 28.8 Å². The van der Waals surface area contributed by atoms with Crippen LogP contribution in [0.1, 0.15) is 34.6 Å². The molecule has 1 amide bonds. The van der Waals surface area contributed by atoms with Crippen molar-refractivity contribution in [2.45, 2.75) is 50.4 Å². The van der Waals surface area contributed by atoms with E-state index in [1.807, 2.05) is 4.90 Å². The molecule has 0 unspecified atom stereocenters. The van der Waals surface area contributed by atoms with Crippen LogP contribution in [-0.4, -0.2) is 36.0 Å². The zero-order valence-corrected chi connectivity index (χ0v) is 12.5. The molecular formula is C11H25GeNO. The van der Waals surface area contributed by atoms with Gasteiger partial charge in [-0.25, -0.2) is 0 Å². The molecule has 0 aromatic rings. The Morgan fingerprint density at radius 2 is 1.29 bits per heavy atom. The minimum atomic E-state index is -2.18. The van der Waals surface area contributed by atoms with Crippen LogP contribution in [0.2, 0.25) is 15.8 Å². The van der Waals surface area contributed by atoms with Crippen LogP contribution in [0.4, 0.5) is 4.79 Å². The first kappa shape index (κ1) is 14.0. The van der Waals surface area contributed by atoms with Gasteiger partial charge in [-0.15, -0.1) is 0 Å². The summed E-state index contributed by atoms with van der Waals surface area (Å²) in [6.45, 7) is 12.5. The van der Waals surface area contributed by atoms with Crippen LogP contribution in [-0.2, 0) is 0 Å². The molecular weight excluding hydrogens is 235 g/mol. The Morgan fingerprint density at radius 1 is 0.929 bits per heavy atom. The number of amides is 1. The summed E-state index contributed by atoms with van der Waals surface area (Å²) in [6, 6.07) is 0. The third kappa shape index (κ3) is 2.75. The summed E-state index contributed by atoms with van der Waals surface area (Å²) in [6.07, 6.45) is 0. The van der Waals surface area contributed by atoms with E-state index >= 15 is 0 Å². The van der Waals surface area contributed by atoms with E-state index < -0.39 is 13.3 Å². The summed E-state index contributed by atoms with van der Waals surface area (Å²) < 4.78 is 0.530. The molecule has 14 heavy (non-hydrogen) atoms. The number of carbonyl (C=O) groups is 1. The first-order valence-electron chi connectivity index (χ1n) is 5.91. The molecule has 0 saturated heterocycles. The van der Waals surface area contributed by atoms with Gasteiger partial charge in [0.2, 0.25) is 0 Å². The van der Waals surface area contributed by atoms with E-state index in [1.54, 1.807) is 0 Å². The third-order valence-corrected chi connectivity index (χ3v) is 14.6. The molecule has 0 aromatic carbocycles. The second kappa shape index (κ2) is 6.49. The molecule has 84 valence electrons. The van der Waals surface area contributed by atoms with Gasteiger partial charge in [0.15, 0.2) is 0 Å². The third-order valence-electron chi connectivity index (χ3n) is 3.53. The summed E-state index contributed by atoms with van der Waals surface area (Å²) in [7, 11) is 0. The predicted octanol–water partition coefficient (Wildman–Crippen LogP) is 3.54. The zero-order valence-electron chi connectivity index (χ0n) is 10.4. The molecule has 0 N–H and O–H groups in total. The van der Waals surface area contributed by atoms with Gasteiger partial charge in [-0.1, -0.05) is 0 Å². The SMILES string of the molecule is CCN(CC)[C](=O)[Ge]([CH2]C)([CH2]C)[CH2]C. The van der Waals surface area contributed by atoms with Crippen molar-refractivity contribution >= 4 is 18.0 Å². The molecule has 0 fully saturated rings. The number of nitrogens with zero attached hydrogens (tertiary/aromatic N) is 1. The summed E-state index contributed by atoms with van der Waals surface area (Å²) >= 11 is -2.18. The summed E-state index contributed by atoms with van der Waals surface area (Å²) in [5.74, 6) is 0. The number of hydrogen-bond donors (Lipinski definition) is 0. The molecule has 0 bridgehead atoms. The minimum absolute atomic E-state index is 0.530. The Bertz CT molecular complexity index is 166. The fourth-order valence-electron chi connectivity index (χ4n) is 2.05. The number of carbonyl (C=O) groups excluding carboxylic acids is 1. The zero-order chi connectivity index (χ0) is 11.2. The standard InChI is InChI=1S/C11H25GeNO/c1-6-12(7-2,8-3)11(14)13(9-4)10-5/h6-10H2,1-5H3. The Balaban J connectivity index is 4.73. The Morgan fingerprint density at radius 3 is 1.50 bits per heavy atom. The Hall–Kier alpha value is 0.0129. The second-order valence-corrected chi connectivity index (χ2v) is 14.5. The van der Waals surface area contributed by atoms with Crippen molar-refractivity contribution < 1.29 is 4.79 Å². The Labute approximate surface area is 91.4 Å². The molecule has 0 aromatic heterocycles. The summed E-state index contributed by atoms with van der Waals surface area (Å²) in [4.78, 5) is 14.4. The van der Waals surface area contributed by atoms with Crippen LogP contribution in [0.25, 0.3) is 0 Å². The van der Waals surface area contributed by atoms with Crippen LogP contribution in [0.5, 0.6) is 0 Å². The van der Waals surface area contributed by atoms with Gasteiger partial charge in [0.1, 0.15) is 0 Å². The molecule has 0 spiro atoms. The first-order valence-corrected chi connectivity index (χ1v) is 11.4. The molecule has 0 aliphatic heterocycles. The van der Waals surface area contributed by atoms with Crippen molar-refractivity contribution in [1.29, 1.82) is 0 Å². The van der Waals surface area contributed by atoms with Crippen LogP contribution in [0.3, 0.4) is 0 Å². The van der Waals surface area contributed by atoms with E-state index in [1.165, 1.54) is 0 Å². The van der Waals surface area contributed by atoms with Crippen molar-refractivity contribution in [1.82, 2.24) is 4.90 Å². The summed E-state index contributed by atoms with van der Waals surface area (Å²) in [5, 5.41) is 3.42. The molecule has 2 nitrogen and oxygen atoms in total. The van der Waals surface area contributed by atoms with Crippen LogP contribution in [0, 0.1) is 0 Å². The van der Waals surface area contributed by atoms with Gasteiger partial charge in [0.05, 0.1) is 0 Å². The van der Waals surface area contributed by atoms with Crippen molar-refractivity contribution in [3.63, 3.8) is 0 Å². The van der Waals surface area contributed by atoms with Crippen LogP contribution >= 0.6 is 0 Å². The fourth-order valence-corrected chi connectivity index (χ4v) is 9.17. The predicted molar refractivity (Wildman–Crippen MR) is 65.5 cm³/mol. The van der Waals surface area contributed by atoms with Crippen molar-refractivity contribution in [2.75, 3.05) is 13.1 Å². The van der Waals surface area contributed by atoms with Crippen LogP contribution < -0.4 is 0 Å². The van der Waals surface area contributed by atoms with Gasteiger partial charge >= 0.3 is 91.2 Å². The fraction of sp³-hybridized carbons (Fsp3) is 0.909. The summed E-state index contributed by atoms with van der Waals surface area (Å²) in [5.41, 5.74) is 0. The van der Waals surface area contributed by atoms with Gasteiger partial charge in [-0.05, 0) is 0 Å². The normalized spacial score (nSPS) is 11.5.